The van der Waals surface area contributed by atoms with Crippen LogP contribution < -0.4 is 35.7 Å². The largest absolute Gasteiger partial charge is 0.544 e. The van der Waals surface area contributed by atoms with E-state index in [0.29, 0.717) is 161 Å². The van der Waals surface area contributed by atoms with Crippen molar-refractivity contribution in [3.8, 4) is 0 Å². The predicted octanol–water partition coefficient (Wildman–Crippen LogP) is 10.5. The van der Waals surface area contributed by atoms with Crippen LogP contribution in [0.3, 0.4) is 0 Å². The highest BCUT2D eigenvalue weighted by Gasteiger charge is 2.74. The Kier molecular flexibility index (Phi) is 31.9. The average molecular weight is 2010 g/mol. The van der Waals surface area contributed by atoms with Crippen LogP contribution in [0.2, 0.25) is 0 Å². The zero-order chi connectivity index (χ0) is 104. The zero-order valence-corrected chi connectivity index (χ0v) is 80.3. The van der Waals surface area contributed by atoms with Crippen LogP contribution in [0.4, 0.5) is 61.5 Å². The molecule has 0 radical (unpaired) electrons. The van der Waals surface area contributed by atoms with Crippen LogP contribution in [0.5, 0.6) is 0 Å². The highest BCUT2D eigenvalue weighted by atomic mass is 19.3. The predicted molar refractivity (Wildman–Crippen MR) is 449 cm³/mol. The van der Waals surface area contributed by atoms with Crippen molar-refractivity contribution in [2.75, 3.05) is 0 Å². The lowest BCUT2D eigenvalue weighted by molar-refractivity contribution is -0.362. The van der Waals surface area contributed by atoms with Gasteiger partial charge in [-0.2, -0.15) is 61.5 Å². The second-order valence-electron chi connectivity index (χ2n) is 47.7. The first-order valence-corrected chi connectivity index (χ1v) is 49.7. The molecule has 3 unspecified atom stereocenters. The minimum atomic E-state index is -4.28. The summed E-state index contributed by atoms with van der Waals surface area (Å²) < 4.78 is 216. The number of esters is 4. The molecule has 140 heavy (non-hydrogen) atoms. The molecule has 22 aliphatic carbocycles. The molecule has 20 bridgehead atoms. The molecule has 0 spiro atoms. The number of hydrogen-bond donors (Lipinski definition) is 3. The van der Waals surface area contributed by atoms with Gasteiger partial charge in [0.25, 0.3) is 0 Å². The van der Waals surface area contributed by atoms with Gasteiger partial charge in [0.15, 0.2) is 22.9 Å². The standard InChI is InChI=1S/C19H26F2O4.C18H26F2O4.C17H24F2O4.C13H20F2O4.C13H18F2O3.C12H16F2O3.C9H8F2O3/c20-19(21,15(22)23)18(4-2-1-3-5-18)25-16(24)17-9-12-6-13(10-17)8-14(7-12)11-17;1-17(2,3)16(23)24-14(18(19,20)15(21)22)13-11-5-9-4-10(7-11)8-12(13)6-9;1-15(2,3)14(22)23-16(17(18,19)13(20)21)11-5-9-4-10(7-11)8-12(16)6-9;1-11(2,3)10(18)19-12(7-5-4-6-8-12)13(14,15)9(16)17;14-13(15,12(17)18)11(16)10-8-2-6-1-7(4-8)5-9(10)3-6;13-12(14,10(15)16)11(17)8-2-6-1-7(4-8)5-9(11)3-6;10-9(11,8(13)14)7(12)6-4-2-1-3-5-6/h12-14H,1-11H2,(H,22,23);9-14H,4-8H2,1-3H3,(H,21,22);9-12H,4-8H2,1-3H3,(H,20,21);4-8H2,1-3H3,(H,16,17);6-11,16H,1-5H2,(H,17,18);6-9,17H,1-5H2,(H,15,16);1-5,7,12H,(H,13,14)/p-7. The smallest absolute Gasteiger partial charge is 0.326 e. The molecular weight excluding hydrogens is 1880 g/mol. The molecule has 790 valence electrons. The molecule has 39 heteroatoms. The first kappa shape index (κ1) is 111. The Hall–Kier alpha value is -7.71. The molecule has 0 saturated heterocycles. The summed E-state index contributed by atoms with van der Waals surface area (Å²) in [7, 11) is 0. The van der Waals surface area contributed by atoms with Gasteiger partial charge in [0.05, 0.1) is 21.7 Å². The highest BCUT2D eigenvalue weighted by molar-refractivity contribution is 5.83. The lowest BCUT2D eigenvalue weighted by Crippen LogP contribution is -2.72. The minimum Gasteiger partial charge on any atom is -0.544 e. The van der Waals surface area contributed by atoms with Gasteiger partial charge in [-0.3, -0.25) is 19.2 Å². The van der Waals surface area contributed by atoms with Crippen molar-refractivity contribution in [3.63, 3.8) is 0 Å². The fourth-order valence-electron chi connectivity index (χ4n) is 29.3. The molecule has 1 aromatic rings. The van der Waals surface area contributed by atoms with Crippen molar-refractivity contribution in [1.29, 1.82) is 0 Å². The molecule has 3 N–H and O–H groups in total. The molecule has 0 aliphatic heterocycles. The monoisotopic (exact) mass is 2010 g/mol. The van der Waals surface area contributed by atoms with Crippen LogP contribution in [0.25, 0.3) is 0 Å². The van der Waals surface area contributed by atoms with Gasteiger partial charge in [-0.15, -0.1) is 0 Å². The number of rotatable bonds is 22. The van der Waals surface area contributed by atoms with Gasteiger partial charge >= 0.3 is 65.3 Å². The number of aliphatic hydroxyl groups is 3. The molecule has 0 heterocycles. The summed E-state index contributed by atoms with van der Waals surface area (Å²) in [4.78, 5) is 125. The number of halogens is 14. The van der Waals surface area contributed by atoms with Gasteiger partial charge in [-0.25, -0.2) is 0 Å². The van der Waals surface area contributed by atoms with Crippen molar-refractivity contribution in [3.05, 3.63) is 35.9 Å². The minimum absolute atomic E-state index is 0.0178. The summed E-state index contributed by atoms with van der Waals surface area (Å²) in [5.41, 5.74) is -12.9. The van der Waals surface area contributed by atoms with Crippen molar-refractivity contribution in [2.45, 2.75) is 376 Å². The Balaban J connectivity index is 0.000000147. The van der Waals surface area contributed by atoms with Crippen LogP contribution in [0.1, 0.15) is 305 Å². The topological polar surface area (TPSA) is 447 Å². The summed E-state index contributed by atoms with van der Waals surface area (Å²) >= 11 is 0. The van der Waals surface area contributed by atoms with Crippen LogP contribution in [-0.2, 0) is 71.7 Å². The Morgan fingerprint density at radius 1 is 0.329 bits per heavy atom. The van der Waals surface area contributed by atoms with Crippen LogP contribution in [-0.4, -0.2) is 157 Å². The van der Waals surface area contributed by atoms with E-state index >= 15 is 0 Å². The van der Waals surface area contributed by atoms with E-state index in [9.17, 15) is 160 Å². The van der Waals surface area contributed by atoms with E-state index in [0.717, 1.165) is 103 Å². The Morgan fingerprint density at radius 3 is 0.936 bits per heavy atom. The third kappa shape index (κ3) is 21.5. The third-order valence-corrected chi connectivity index (χ3v) is 34.9. The number of benzene rings is 1. The maximum Gasteiger partial charge on any atom is 0.326 e. The number of hydrogen-bond acceptors (Lipinski definition) is 25. The number of carboxylic acid groups (broad SMARTS) is 7. The second-order valence-corrected chi connectivity index (χ2v) is 47.7. The normalized spacial score (nSPS) is 35.3. The fourth-order valence-corrected chi connectivity index (χ4v) is 29.3. The van der Waals surface area contributed by atoms with Gasteiger partial charge < -0.3 is 104 Å². The second kappa shape index (κ2) is 40.3. The molecule has 25 nitrogen and oxygen atoms in total. The van der Waals surface area contributed by atoms with E-state index in [1.165, 1.54) is 51.5 Å². The van der Waals surface area contributed by atoms with Gasteiger partial charge in [0.2, 0.25) is 0 Å². The van der Waals surface area contributed by atoms with Crippen molar-refractivity contribution < 1.29 is 184 Å². The number of carbonyl (C=O) groups excluding carboxylic acids is 11. The highest BCUT2D eigenvalue weighted by Crippen LogP contribution is 2.68. The number of aliphatic carboxylic acids is 7. The van der Waals surface area contributed by atoms with E-state index in [-0.39, 0.29) is 54.9 Å². The first-order chi connectivity index (χ1) is 64.5. The number of ether oxygens (including phenoxy) is 4. The number of carboxylic acids is 7. The molecule has 22 aliphatic rings. The van der Waals surface area contributed by atoms with E-state index in [1.807, 2.05) is 0 Å². The van der Waals surface area contributed by atoms with Crippen molar-refractivity contribution in [1.82, 2.24) is 0 Å². The number of aliphatic hydroxyl groups excluding tert-OH is 2. The van der Waals surface area contributed by atoms with E-state index in [4.69, 9.17) is 24.1 Å². The van der Waals surface area contributed by atoms with E-state index in [1.54, 1.807) is 47.6 Å². The summed E-state index contributed by atoms with van der Waals surface area (Å²) in [6.45, 7) is 14.0. The molecule has 3 atom stereocenters. The van der Waals surface area contributed by atoms with Gasteiger partial charge in [-0.05, 0) is 393 Å². The lowest BCUT2D eigenvalue weighted by Gasteiger charge is -2.62. The SMILES string of the molecule is CC(C)(C)C(=O)OC(C1C2CC3CC(C2)CC1C3)C(F)(F)C(=O)[O-].CC(C)(C)C(=O)OC1(C(F)(F)C(=O)[O-])C2CC3CC(C2)CC1C3.CC(C)(C)C(=O)OC1(C(F)(F)C(=O)[O-])CCCCC1.O=C(OC1(C(F)(F)C(=O)[O-])CCCCC1)C12CC3CC(CC(C3)C1)C2.O=C([O-])C(F)(F)C(O)C1C2CC3CC(C2)CC1C3.O=C([O-])C(F)(F)C(O)c1ccccc1.O=C([O-])C(F)(F)C1(O)C2CC3CC(C2)CC1C3. The van der Waals surface area contributed by atoms with E-state index in [2.05, 4.69) is 0 Å². The Bertz CT molecular complexity index is 4530. The van der Waals surface area contributed by atoms with Gasteiger partial charge in [-0.1, -0.05) is 43.2 Å². The quantitative estimate of drug-likeness (QED) is 0.0551. The Morgan fingerprint density at radius 2 is 0.621 bits per heavy atom. The number of alkyl halides is 14. The first-order valence-electron chi connectivity index (χ1n) is 49.7. The molecule has 22 fully saturated rings. The number of carbonyl (C=O) groups is 11. The fraction of sp³-hybridized carbons (Fsp3) is 0.832. The Labute approximate surface area is 804 Å². The maximum absolute atomic E-state index is 14.8. The molecule has 0 amide bonds. The van der Waals surface area contributed by atoms with Crippen LogP contribution >= 0.6 is 0 Å². The molecule has 1 aromatic carbocycles. The average Bonchev–Trinajstić information content (AvgIpc) is 0.693. The van der Waals surface area contributed by atoms with Crippen LogP contribution in [0.15, 0.2) is 30.3 Å². The molecular formula is C101H131F14O25-7. The molecule has 23 rings (SSSR count). The van der Waals surface area contributed by atoms with Crippen molar-refractivity contribution in [2.24, 2.45) is 146 Å². The van der Waals surface area contributed by atoms with Gasteiger partial charge in [0.1, 0.15) is 59.6 Å². The maximum atomic E-state index is 14.8. The summed E-state index contributed by atoms with van der Waals surface area (Å²) in [6, 6.07) is 6.82. The summed E-state index contributed by atoms with van der Waals surface area (Å²) in [5.74, 6) is -47.5. The van der Waals surface area contributed by atoms with Gasteiger partial charge in [0, 0.05) is 17.8 Å². The zero-order valence-electron chi connectivity index (χ0n) is 80.3. The molecule has 0 aromatic heterocycles. The molecule has 22 saturated carbocycles. The third-order valence-electron chi connectivity index (χ3n) is 34.9. The summed E-state index contributed by atoms with van der Waals surface area (Å²) in [5, 5.41) is 104. The lowest BCUT2D eigenvalue weighted by atomic mass is 9.48. The van der Waals surface area contributed by atoms with Crippen molar-refractivity contribution >= 4 is 65.7 Å². The van der Waals surface area contributed by atoms with Crippen LogP contribution in [0, 0.1) is 146 Å². The summed E-state index contributed by atoms with van der Waals surface area (Å²) in [6.07, 6.45) is 17.2. The van der Waals surface area contributed by atoms with E-state index < -0.39 is 205 Å².